The normalized spacial score (nSPS) is 10.7. The Hall–Kier alpha value is -2.10. The van der Waals surface area contributed by atoms with Crippen molar-refractivity contribution >= 4 is 17.5 Å². The number of benzene rings is 1. The van der Waals surface area contributed by atoms with Crippen LogP contribution in [0, 0.1) is 20.8 Å². The average molecular weight is 312 g/mol. The fraction of sp³-hybridized carbons (Fsp3) is 0.474. The van der Waals surface area contributed by atoms with Gasteiger partial charge < -0.3 is 10.2 Å². The first kappa shape index (κ1) is 17.3. The highest BCUT2D eigenvalue weighted by Crippen LogP contribution is 2.20. The number of aromatic nitrogens is 2. The van der Waals surface area contributed by atoms with Gasteiger partial charge in [0.05, 0.1) is 0 Å². The summed E-state index contributed by atoms with van der Waals surface area (Å²) in [5.41, 5.74) is 4.57. The molecule has 0 bridgehead atoms. The molecule has 0 aliphatic heterocycles. The predicted molar refractivity (Wildman–Crippen MR) is 98.8 cm³/mol. The molecular formula is C19H28N4. The predicted octanol–water partition coefficient (Wildman–Crippen LogP) is 4.77. The minimum absolute atomic E-state index is 0.667. The first-order chi connectivity index (χ1) is 11.0. The standard InChI is InChI=1S/C19H28N4/c1-6-10-23(11-7-2)18-13-16(5)20-19(22-18)21-17-9-8-14(3)15(4)12-17/h8-9,12-13H,6-7,10-11H2,1-5H3,(H,20,21,22). The van der Waals surface area contributed by atoms with Crippen molar-refractivity contribution in [3.05, 3.63) is 41.1 Å². The molecule has 0 fully saturated rings. The molecule has 1 heterocycles. The summed E-state index contributed by atoms with van der Waals surface area (Å²) in [6.45, 7) is 12.7. The Balaban J connectivity index is 2.26. The smallest absolute Gasteiger partial charge is 0.229 e. The number of anilines is 3. The Kier molecular flexibility index (Phi) is 5.97. The Morgan fingerprint density at radius 1 is 0.913 bits per heavy atom. The zero-order chi connectivity index (χ0) is 16.8. The molecular weight excluding hydrogens is 284 g/mol. The van der Waals surface area contributed by atoms with Crippen molar-refractivity contribution in [3.63, 3.8) is 0 Å². The average Bonchev–Trinajstić information content (AvgIpc) is 2.50. The second-order valence-corrected chi connectivity index (χ2v) is 6.10. The van der Waals surface area contributed by atoms with E-state index in [2.05, 4.69) is 67.2 Å². The van der Waals surface area contributed by atoms with Crippen molar-refractivity contribution < 1.29 is 0 Å². The van der Waals surface area contributed by atoms with Crippen LogP contribution in [0.1, 0.15) is 43.5 Å². The Bertz CT molecular complexity index is 646. The summed E-state index contributed by atoms with van der Waals surface area (Å²) < 4.78 is 0. The summed E-state index contributed by atoms with van der Waals surface area (Å²) >= 11 is 0. The molecule has 0 aliphatic rings. The summed E-state index contributed by atoms with van der Waals surface area (Å²) in [4.78, 5) is 11.6. The van der Waals surface area contributed by atoms with Gasteiger partial charge in [0.2, 0.25) is 5.95 Å². The summed E-state index contributed by atoms with van der Waals surface area (Å²) in [5, 5.41) is 3.34. The number of rotatable bonds is 7. The molecule has 0 atom stereocenters. The highest BCUT2D eigenvalue weighted by atomic mass is 15.2. The lowest BCUT2D eigenvalue weighted by molar-refractivity contribution is 0.732. The molecule has 0 radical (unpaired) electrons. The first-order valence-electron chi connectivity index (χ1n) is 8.48. The summed E-state index contributed by atoms with van der Waals surface area (Å²) in [5.74, 6) is 1.67. The second kappa shape index (κ2) is 7.95. The molecule has 0 unspecified atom stereocenters. The van der Waals surface area contributed by atoms with E-state index in [4.69, 9.17) is 4.98 Å². The van der Waals surface area contributed by atoms with Gasteiger partial charge in [-0.3, -0.25) is 0 Å². The lowest BCUT2D eigenvalue weighted by Gasteiger charge is -2.23. The van der Waals surface area contributed by atoms with E-state index in [1.165, 1.54) is 11.1 Å². The van der Waals surface area contributed by atoms with E-state index in [0.29, 0.717) is 5.95 Å². The van der Waals surface area contributed by atoms with Crippen molar-refractivity contribution in [1.82, 2.24) is 9.97 Å². The van der Waals surface area contributed by atoms with Crippen LogP contribution in [0.5, 0.6) is 0 Å². The molecule has 0 aliphatic carbocycles. The molecule has 2 rings (SSSR count). The molecule has 2 aromatic rings. The van der Waals surface area contributed by atoms with Crippen LogP contribution in [0.25, 0.3) is 0 Å². The summed E-state index contributed by atoms with van der Waals surface area (Å²) in [6.07, 6.45) is 2.23. The van der Waals surface area contributed by atoms with E-state index in [-0.39, 0.29) is 0 Å². The van der Waals surface area contributed by atoms with Crippen molar-refractivity contribution in [2.24, 2.45) is 0 Å². The van der Waals surface area contributed by atoms with Crippen LogP contribution in [0.2, 0.25) is 0 Å². The number of hydrogen-bond donors (Lipinski definition) is 1. The van der Waals surface area contributed by atoms with Crippen molar-refractivity contribution in [2.45, 2.75) is 47.5 Å². The second-order valence-electron chi connectivity index (χ2n) is 6.10. The minimum Gasteiger partial charge on any atom is -0.356 e. The van der Waals surface area contributed by atoms with Crippen molar-refractivity contribution in [1.29, 1.82) is 0 Å². The third kappa shape index (κ3) is 4.68. The molecule has 1 aromatic heterocycles. The van der Waals surface area contributed by atoms with Gasteiger partial charge in [0, 0.05) is 30.5 Å². The third-order valence-electron chi connectivity index (χ3n) is 3.91. The molecule has 23 heavy (non-hydrogen) atoms. The van der Waals surface area contributed by atoms with E-state index in [1.54, 1.807) is 0 Å². The molecule has 1 aromatic carbocycles. The van der Waals surface area contributed by atoms with E-state index in [0.717, 1.165) is 43.1 Å². The van der Waals surface area contributed by atoms with Crippen molar-refractivity contribution in [2.75, 3.05) is 23.3 Å². The van der Waals surface area contributed by atoms with Gasteiger partial charge in [-0.1, -0.05) is 19.9 Å². The Morgan fingerprint density at radius 3 is 2.22 bits per heavy atom. The van der Waals surface area contributed by atoms with Gasteiger partial charge in [-0.05, 0) is 56.9 Å². The van der Waals surface area contributed by atoms with E-state index >= 15 is 0 Å². The van der Waals surface area contributed by atoms with E-state index < -0.39 is 0 Å². The molecule has 4 nitrogen and oxygen atoms in total. The van der Waals surface area contributed by atoms with Gasteiger partial charge in [0.1, 0.15) is 5.82 Å². The number of nitrogens with one attached hydrogen (secondary N) is 1. The fourth-order valence-corrected chi connectivity index (χ4v) is 2.60. The van der Waals surface area contributed by atoms with Gasteiger partial charge in [-0.2, -0.15) is 4.98 Å². The summed E-state index contributed by atoms with van der Waals surface area (Å²) in [6, 6.07) is 8.39. The van der Waals surface area contributed by atoms with Crippen LogP contribution in [-0.4, -0.2) is 23.1 Å². The Labute approximate surface area is 140 Å². The largest absolute Gasteiger partial charge is 0.356 e. The SMILES string of the molecule is CCCN(CCC)c1cc(C)nc(Nc2ccc(C)c(C)c2)n1. The van der Waals surface area contributed by atoms with Gasteiger partial charge in [0.25, 0.3) is 0 Å². The molecule has 0 amide bonds. The lowest BCUT2D eigenvalue weighted by Crippen LogP contribution is -2.26. The fourth-order valence-electron chi connectivity index (χ4n) is 2.60. The monoisotopic (exact) mass is 312 g/mol. The Morgan fingerprint density at radius 2 is 1.61 bits per heavy atom. The number of nitrogens with zero attached hydrogens (tertiary/aromatic N) is 3. The topological polar surface area (TPSA) is 41.1 Å². The van der Waals surface area contributed by atoms with Crippen LogP contribution < -0.4 is 10.2 Å². The zero-order valence-electron chi connectivity index (χ0n) is 15.0. The zero-order valence-corrected chi connectivity index (χ0v) is 15.0. The van der Waals surface area contributed by atoms with Crippen LogP contribution in [0.4, 0.5) is 17.5 Å². The molecule has 0 spiro atoms. The maximum absolute atomic E-state index is 4.72. The molecule has 1 N–H and O–H groups in total. The van der Waals surface area contributed by atoms with Crippen LogP contribution in [0.15, 0.2) is 24.3 Å². The maximum Gasteiger partial charge on any atom is 0.229 e. The quantitative estimate of drug-likeness (QED) is 0.799. The summed E-state index contributed by atoms with van der Waals surface area (Å²) in [7, 11) is 0. The van der Waals surface area contributed by atoms with Gasteiger partial charge in [-0.25, -0.2) is 4.98 Å². The van der Waals surface area contributed by atoms with Gasteiger partial charge >= 0.3 is 0 Å². The molecule has 0 saturated carbocycles. The van der Waals surface area contributed by atoms with E-state index in [1.807, 2.05) is 6.92 Å². The molecule has 0 saturated heterocycles. The number of aryl methyl sites for hydroxylation is 3. The van der Waals surface area contributed by atoms with Crippen LogP contribution >= 0.6 is 0 Å². The van der Waals surface area contributed by atoms with Crippen LogP contribution in [-0.2, 0) is 0 Å². The van der Waals surface area contributed by atoms with Gasteiger partial charge in [0.15, 0.2) is 0 Å². The highest BCUT2D eigenvalue weighted by Gasteiger charge is 2.10. The maximum atomic E-state index is 4.72. The van der Waals surface area contributed by atoms with Crippen LogP contribution in [0.3, 0.4) is 0 Å². The van der Waals surface area contributed by atoms with E-state index in [9.17, 15) is 0 Å². The minimum atomic E-state index is 0.667. The number of hydrogen-bond acceptors (Lipinski definition) is 4. The van der Waals surface area contributed by atoms with Crippen molar-refractivity contribution in [3.8, 4) is 0 Å². The molecule has 124 valence electrons. The highest BCUT2D eigenvalue weighted by molar-refractivity contribution is 5.57. The molecule has 4 heteroatoms. The van der Waals surface area contributed by atoms with Gasteiger partial charge in [-0.15, -0.1) is 0 Å². The first-order valence-corrected chi connectivity index (χ1v) is 8.48. The lowest BCUT2D eigenvalue weighted by atomic mass is 10.1. The third-order valence-corrected chi connectivity index (χ3v) is 3.91.